The maximum Gasteiger partial charge on any atom is 0.325 e. The van der Waals surface area contributed by atoms with Crippen LogP contribution in [-0.2, 0) is 39.9 Å². The van der Waals surface area contributed by atoms with Gasteiger partial charge in [0.15, 0.2) is 0 Å². The number of amides is 4. The number of likely N-dealkylation sites (N-methyl/N-ethyl adjacent to an activating group) is 1. The van der Waals surface area contributed by atoms with E-state index in [0.717, 1.165) is 0 Å². The number of carbonyl (C=O) groups is 6. The van der Waals surface area contributed by atoms with Crippen molar-refractivity contribution in [3.05, 3.63) is 102 Å². The van der Waals surface area contributed by atoms with E-state index in [1.807, 2.05) is 0 Å². The number of phenolic OH excluding ortho intramolecular Hbond substituents is 1. The summed E-state index contributed by atoms with van der Waals surface area (Å²) in [6, 6.07) is 8.08. The minimum Gasteiger partial charge on any atom is -0.508 e. The van der Waals surface area contributed by atoms with E-state index in [9.17, 15) is 44.1 Å². The molecule has 1 unspecified atom stereocenters. The van der Waals surface area contributed by atoms with Crippen molar-refractivity contribution in [1.29, 1.82) is 0 Å². The van der Waals surface area contributed by atoms with Gasteiger partial charge in [0.1, 0.15) is 41.6 Å². The van der Waals surface area contributed by atoms with Crippen LogP contribution in [0.1, 0.15) is 72.3 Å². The quantitative estimate of drug-likeness (QED) is 0.115. The molecule has 63 heavy (non-hydrogen) atoms. The van der Waals surface area contributed by atoms with Crippen LogP contribution < -0.4 is 21.0 Å². The second-order valence-corrected chi connectivity index (χ2v) is 16.5. The molecule has 0 aliphatic carbocycles. The molecule has 1 aromatic heterocycles. The number of allylic oxidation sites excluding steroid dienone is 4. The van der Waals surface area contributed by atoms with Crippen molar-refractivity contribution in [3.8, 4) is 5.75 Å². The minimum atomic E-state index is -1.43. The molecule has 2 aliphatic rings. The number of nitrogens with one attached hydrogen (secondary N) is 3. The summed E-state index contributed by atoms with van der Waals surface area (Å²) in [6.07, 6.45) is 9.84. The van der Waals surface area contributed by atoms with Gasteiger partial charge in [-0.2, -0.15) is 0 Å². The fraction of sp³-hybridized carbons (Fsp3) is 0.468. The van der Waals surface area contributed by atoms with E-state index in [0.29, 0.717) is 29.8 Å². The Labute approximate surface area is 369 Å². The highest BCUT2D eigenvalue weighted by Gasteiger charge is 2.38. The van der Waals surface area contributed by atoms with Gasteiger partial charge in [-0.25, -0.2) is 10.4 Å². The van der Waals surface area contributed by atoms with Crippen LogP contribution in [0, 0.1) is 17.8 Å². The smallest absolute Gasteiger partial charge is 0.325 e. The number of aliphatic hydroxyl groups excluding tert-OH is 2. The monoisotopic (exact) mass is 870 g/mol. The number of Topliss-reactive ketones (excluding diaryl/α,β-unsaturated/α-hetero) is 1. The van der Waals surface area contributed by atoms with Gasteiger partial charge >= 0.3 is 5.97 Å². The summed E-state index contributed by atoms with van der Waals surface area (Å²) in [5.74, 6) is -5.31. The fourth-order valence-corrected chi connectivity index (χ4v) is 7.21. The number of rotatable bonds is 10. The zero-order valence-electron chi connectivity index (χ0n) is 36.8. The van der Waals surface area contributed by atoms with Crippen molar-refractivity contribution in [2.24, 2.45) is 17.8 Å². The molecule has 2 bridgehead atoms. The number of anilines is 1. The first-order valence-electron chi connectivity index (χ1n) is 21.4. The van der Waals surface area contributed by atoms with Crippen LogP contribution in [-0.4, -0.2) is 111 Å². The van der Waals surface area contributed by atoms with E-state index >= 15 is 0 Å². The van der Waals surface area contributed by atoms with Gasteiger partial charge in [0, 0.05) is 51.0 Å². The van der Waals surface area contributed by atoms with Gasteiger partial charge in [-0.3, -0.25) is 33.9 Å². The van der Waals surface area contributed by atoms with Crippen molar-refractivity contribution in [2.75, 3.05) is 18.5 Å². The number of cyclic esters (lactones) is 1. The lowest BCUT2D eigenvalue weighted by atomic mass is 9.84. The first kappa shape index (κ1) is 49.7. The third kappa shape index (κ3) is 14.8. The number of hydrogen-bond acceptors (Lipinski definition) is 12. The summed E-state index contributed by atoms with van der Waals surface area (Å²) in [4.78, 5) is 86.8. The Kier molecular flexibility index (Phi) is 19.0. The van der Waals surface area contributed by atoms with Crippen molar-refractivity contribution in [2.45, 2.75) is 110 Å². The topological polar surface area (TPSA) is 228 Å². The lowest BCUT2D eigenvalue weighted by molar-refractivity contribution is -0.156. The second kappa shape index (κ2) is 24.0. The van der Waals surface area contributed by atoms with Crippen LogP contribution in [0.5, 0.6) is 5.75 Å². The van der Waals surface area contributed by atoms with Crippen LogP contribution in [0.3, 0.4) is 0 Å². The molecule has 0 saturated carbocycles. The van der Waals surface area contributed by atoms with Crippen LogP contribution in [0.15, 0.2) is 96.8 Å². The van der Waals surface area contributed by atoms with Crippen LogP contribution in [0.4, 0.5) is 5.82 Å². The summed E-state index contributed by atoms with van der Waals surface area (Å²) in [5.41, 5.74) is 4.12. The average molecular weight is 871 g/mol. The number of benzene rings is 1. The number of esters is 1. The number of aromatic hydroxyl groups is 1. The number of aromatic nitrogens is 1. The Bertz CT molecular complexity index is 2030. The number of pyridine rings is 1. The molecular weight excluding hydrogens is 809 g/mol. The average Bonchev–Trinajstić information content (AvgIpc) is 3.26. The summed E-state index contributed by atoms with van der Waals surface area (Å²) in [5, 5.41) is 39.7. The highest BCUT2D eigenvalue weighted by Crippen LogP contribution is 2.24. The van der Waals surface area contributed by atoms with Gasteiger partial charge in [-0.15, -0.1) is 0 Å². The molecule has 4 rings (SSSR count). The van der Waals surface area contributed by atoms with Crippen LogP contribution in [0.25, 0.3) is 0 Å². The SMILES string of the molecule is CC(=O)CC[C@H]1C(=O)N[C@@H](C(C)C)C(=O)N[C@@H](Cc2cccc(O)c2)C(=O)N2CCCC(N2)C(=O)O[C@H](/C(C)=C/C=C/C(=O)N(C)c2ccccn2)C/C=C/C=C/[C@H](O)[C@H](C)[C@H]1O. The van der Waals surface area contributed by atoms with Crippen LogP contribution in [0.2, 0.25) is 0 Å². The molecular formula is C47H62N6O10. The van der Waals surface area contributed by atoms with Crippen molar-refractivity contribution < 1.29 is 48.8 Å². The zero-order chi connectivity index (χ0) is 46.2. The highest BCUT2D eigenvalue weighted by molar-refractivity contribution is 6.00. The lowest BCUT2D eigenvalue weighted by Crippen LogP contribution is -2.62. The van der Waals surface area contributed by atoms with Crippen molar-refractivity contribution in [3.63, 3.8) is 0 Å². The van der Waals surface area contributed by atoms with Gasteiger partial charge < -0.3 is 35.5 Å². The summed E-state index contributed by atoms with van der Waals surface area (Å²) >= 11 is 0. The molecule has 1 aromatic carbocycles. The van der Waals surface area contributed by atoms with Crippen molar-refractivity contribution in [1.82, 2.24) is 26.1 Å². The van der Waals surface area contributed by atoms with E-state index < -0.39 is 77.9 Å². The molecule has 6 N–H and O–H groups in total. The molecule has 16 nitrogen and oxygen atoms in total. The fourth-order valence-electron chi connectivity index (χ4n) is 7.21. The number of ether oxygens (including phenoxy) is 1. The van der Waals surface area contributed by atoms with Crippen LogP contribution >= 0.6 is 0 Å². The first-order chi connectivity index (χ1) is 30.0. The number of hydrogen-bond donors (Lipinski definition) is 6. The molecule has 1 saturated heterocycles. The Morgan fingerprint density at radius 2 is 1.79 bits per heavy atom. The Hall–Kier alpha value is -5.97. The predicted molar refractivity (Wildman–Crippen MR) is 236 cm³/mol. The number of carbonyl (C=O) groups excluding carboxylic acids is 6. The number of aliphatic hydroxyl groups is 2. The molecule has 1 fully saturated rings. The summed E-state index contributed by atoms with van der Waals surface area (Å²) in [7, 11) is 1.60. The molecule has 16 heteroatoms. The molecule has 2 aliphatic heterocycles. The van der Waals surface area contributed by atoms with Gasteiger partial charge in [-0.1, -0.05) is 75.4 Å². The molecule has 0 spiro atoms. The molecule has 8 atom stereocenters. The predicted octanol–water partition coefficient (Wildman–Crippen LogP) is 3.39. The van der Waals surface area contributed by atoms with E-state index in [-0.39, 0.29) is 49.7 Å². The van der Waals surface area contributed by atoms with E-state index in [1.165, 1.54) is 41.1 Å². The number of phenols is 1. The Morgan fingerprint density at radius 3 is 2.48 bits per heavy atom. The van der Waals surface area contributed by atoms with Crippen molar-refractivity contribution >= 4 is 41.2 Å². The third-order valence-corrected chi connectivity index (χ3v) is 11.2. The van der Waals surface area contributed by atoms with Gasteiger partial charge in [0.05, 0.1) is 18.1 Å². The Morgan fingerprint density at radius 1 is 1.03 bits per heavy atom. The molecule has 4 amide bonds. The molecule has 0 radical (unpaired) electrons. The summed E-state index contributed by atoms with van der Waals surface area (Å²) < 4.78 is 6.06. The molecule has 340 valence electrons. The summed E-state index contributed by atoms with van der Waals surface area (Å²) in [6.45, 7) is 8.29. The molecule has 3 heterocycles. The van der Waals surface area contributed by atoms with Gasteiger partial charge in [0.25, 0.3) is 11.8 Å². The number of hydrazine groups is 1. The first-order valence-corrected chi connectivity index (χ1v) is 21.4. The minimum absolute atomic E-state index is 0.0344. The number of ketones is 1. The largest absolute Gasteiger partial charge is 0.508 e. The van der Waals surface area contributed by atoms with E-state index in [2.05, 4.69) is 21.0 Å². The van der Waals surface area contributed by atoms with Gasteiger partial charge in [0.2, 0.25) is 11.8 Å². The Balaban J connectivity index is 1.70. The maximum atomic E-state index is 14.4. The standard InChI is InChI=1S/C47H62N6O10/c1-29(2)42-45(60)49-37(28-33-16-13-17-34(55)27-33)46(61)53-26-14-18-36(51-53)47(62)63-39(30(3)15-12-22-41(57)52(6)40-21-10-11-25-48-40)20-9-7-8-19-38(56)32(5)43(58)35(44(59)50-42)24-23-31(4)54/h7-13,15-17,19,21-22,25,27,29,32,35-39,42-43,51,55-56,58H,14,18,20,23-24,26,28H2,1-6H3,(H,49,60)(H,50,59)/b9-7+,19-8+,22-12+,30-15+/t32-,35+,36?,37-,38-,39-,42-,43+/m0/s1. The van der Waals surface area contributed by atoms with Gasteiger partial charge in [-0.05, 0) is 74.4 Å². The number of nitrogens with zero attached hydrogens (tertiary/aromatic N) is 3. The molecule has 2 aromatic rings. The highest BCUT2D eigenvalue weighted by atomic mass is 16.5. The zero-order valence-corrected chi connectivity index (χ0v) is 36.8. The number of fused-ring (bicyclic) bond motifs is 2. The second-order valence-electron chi connectivity index (χ2n) is 16.5. The maximum absolute atomic E-state index is 14.4. The third-order valence-electron chi connectivity index (χ3n) is 11.2. The van der Waals surface area contributed by atoms with E-state index in [1.54, 1.807) is 102 Å². The normalized spacial score (nSPS) is 27.1. The lowest BCUT2D eigenvalue weighted by Gasteiger charge is -2.36. The van der Waals surface area contributed by atoms with E-state index in [4.69, 9.17) is 4.74 Å².